The van der Waals surface area contributed by atoms with Gasteiger partial charge in [-0.1, -0.05) is 23.7 Å². The van der Waals surface area contributed by atoms with Crippen molar-refractivity contribution in [1.29, 1.82) is 0 Å². The molecule has 0 aliphatic heterocycles. The maximum absolute atomic E-state index is 13.3. The second-order valence-corrected chi connectivity index (χ2v) is 4.45. The number of benzene rings is 2. The Morgan fingerprint density at radius 3 is 2.47 bits per heavy atom. The summed E-state index contributed by atoms with van der Waals surface area (Å²) in [5, 5.41) is 0.458. The quantitative estimate of drug-likeness (QED) is 0.668. The summed E-state index contributed by atoms with van der Waals surface area (Å²) in [5.41, 5.74) is 4.11. The first-order chi connectivity index (χ1) is 9.15. The highest BCUT2D eigenvalue weighted by Crippen LogP contribution is 2.29. The molecule has 0 aliphatic rings. The van der Waals surface area contributed by atoms with E-state index in [-0.39, 0.29) is 11.9 Å². The minimum atomic E-state index is -0.380. The lowest BCUT2D eigenvalue weighted by molar-refractivity contribution is 0.414. The fraction of sp³-hybridized carbons (Fsp3) is 0.143. The molecule has 0 spiro atoms. The van der Waals surface area contributed by atoms with Gasteiger partial charge >= 0.3 is 0 Å². The van der Waals surface area contributed by atoms with E-state index in [1.165, 1.54) is 18.2 Å². The van der Waals surface area contributed by atoms with Gasteiger partial charge in [-0.3, -0.25) is 5.84 Å². The molecular formula is C14H14ClFN2O. The Labute approximate surface area is 116 Å². The molecule has 0 aromatic heterocycles. The highest BCUT2D eigenvalue weighted by atomic mass is 35.5. The van der Waals surface area contributed by atoms with Gasteiger partial charge < -0.3 is 4.74 Å². The lowest BCUT2D eigenvalue weighted by atomic mass is 9.99. The summed E-state index contributed by atoms with van der Waals surface area (Å²) < 4.78 is 18.4. The Balaban J connectivity index is 2.40. The van der Waals surface area contributed by atoms with E-state index in [1.54, 1.807) is 7.11 Å². The third-order valence-corrected chi connectivity index (χ3v) is 3.23. The maximum atomic E-state index is 13.3. The van der Waals surface area contributed by atoms with E-state index in [2.05, 4.69) is 5.43 Å². The van der Waals surface area contributed by atoms with Gasteiger partial charge in [-0.25, -0.2) is 9.82 Å². The molecule has 0 fully saturated rings. The highest BCUT2D eigenvalue weighted by molar-refractivity contribution is 6.31. The van der Waals surface area contributed by atoms with Crippen LogP contribution >= 0.6 is 11.6 Å². The minimum absolute atomic E-state index is 0.354. The van der Waals surface area contributed by atoms with Crippen LogP contribution < -0.4 is 16.0 Å². The predicted octanol–water partition coefficient (Wildman–Crippen LogP) is 3.04. The molecule has 0 bridgehead atoms. The van der Waals surface area contributed by atoms with E-state index in [0.717, 1.165) is 11.3 Å². The average Bonchev–Trinajstić information content (AvgIpc) is 2.44. The number of halogens is 2. The third kappa shape index (κ3) is 3.04. The van der Waals surface area contributed by atoms with Crippen molar-refractivity contribution < 1.29 is 9.13 Å². The minimum Gasteiger partial charge on any atom is -0.497 e. The van der Waals surface area contributed by atoms with E-state index >= 15 is 0 Å². The van der Waals surface area contributed by atoms with Crippen molar-refractivity contribution in [3.05, 3.63) is 64.4 Å². The molecule has 0 aliphatic carbocycles. The van der Waals surface area contributed by atoms with Crippen LogP contribution in [0.2, 0.25) is 5.02 Å². The van der Waals surface area contributed by atoms with E-state index < -0.39 is 0 Å². The van der Waals surface area contributed by atoms with Crippen LogP contribution in [0.15, 0.2) is 42.5 Å². The molecule has 0 amide bonds. The van der Waals surface area contributed by atoms with Crippen LogP contribution in [0, 0.1) is 5.82 Å². The molecule has 0 radical (unpaired) electrons. The molecule has 100 valence electrons. The molecule has 0 saturated heterocycles. The summed E-state index contributed by atoms with van der Waals surface area (Å²) >= 11 is 6.09. The van der Waals surface area contributed by atoms with E-state index in [9.17, 15) is 4.39 Å². The molecule has 5 heteroatoms. The van der Waals surface area contributed by atoms with Crippen molar-refractivity contribution in [2.45, 2.75) is 6.04 Å². The van der Waals surface area contributed by atoms with Crippen molar-refractivity contribution in [3.63, 3.8) is 0 Å². The molecule has 2 aromatic rings. The second-order valence-electron chi connectivity index (χ2n) is 4.04. The standard InChI is InChI=1S/C14H14ClFN2O/c1-19-11-5-2-9(3-6-11)14(18-17)12-8-10(16)4-7-13(12)15/h2-8,14,18H,17H2,1H3. The Morgan fingerprint density at radius 2 is 1.89 bits per heavy atom. The SMILES string of the molecule is COc1ccc(C(NN)c2cc(F)ccc2Cl)cc1. The topological polar surface area (TPSA) is 47.3 Å². The fourth-order valence-corrected chi connectivity index (χ4v) is 2.12. The molecule has 1 atom stereocenters. The molecule has 0 heterocycles. The number of nitrogens with two attached hydrogens (primary N) is 1. The van der Waals surface area contributed by atoms with Crippen LogP contribution in [-0.2, 0) is 0 Å². The number of hydrogen-bond donors (Lipinski definition) is 2. The van der Waals surface area contributed by atoms with Crippen LogP contribution in [0.4, 0.5) is 4.39 Å². The van der Waals surface area contributed by atoms with Crippen molar-refractivity contribution >= 4 is 11.6 Å². The van der Waals surface area contributed by atoms with E-state index in [1.807, 2.05) is 24.3 Å². The summed E-state index contributed by atoms with van der Waals surface area (Å²) in [5.74, 6) is 5.95. The molecule has 3 nitrogen and oxygen atoms in total. The summed E-state index contributed by atoms with van der Waals surface area (Å²) in [6.45, 7) is 0. The third-order valence-electron chi connectivity index (χ3n) is 2.88. The van der Waals surface area contributed by atoms with Gasteiger partial charge in [0.15, 0.2) is 0 Å². The second kappa shape index (κ2) is 6.02. The molecule has 19 heavy (non-hydrogen) atoms. The van der Waals surface area contributed by atoms with Crippen LogP contribution in [0.1, 0.15) is 17.2 Å². The Morgan fingerprint density at radius 1 is 1.21 bits per heavy atom. The fourth-order valence-electron chi connectivity index (χ4n) is 1.90. The number of methoxy groups -OCH3 is 1. The summed E-state index contributed by atoms with van der Waals surface area (Å²) in [6.07, 6.45) is 0. The number of rotatable bonds is 4. The first-order valence-corrected chi connectivity index (χ1v) is 6.08. The summed E-state index contributed by atoms with van der Waals surface area (Å²) in [6, 6.07) is 11.1. The van der Waals surface area contributed by atoms with Crippen molar-refractivity contribution in [1.82, 2.24) is 5.43 Å². The van der Waals surface area contributed by atoms with Crippen LogP contribution in [-0.4, -0.2) is 7.11 Å². The lowest BCUT2D eigenvalue weighted by Crippen LogP contribution is -2.29. The van der Waals surface area contributed by atoms with Gasteiger partial charge in [0.25, 0.3) is 0 Å². The Hall–Kier alpha value is -1.62. The maximum Gasteiger partial charge on any atom is 0.123 e. The van der Waals surface area contributed by atoms with Crippen LogP contribution in [0.3, 0.4) is 0 Å². The molecule has 0 saturated carbocycles. The normalized spacial score (nSPS) is 12.2. The number of hydrazine groups is 1. The molecular weight excluding hydrogens is 267 g/mol. The smallest absolute Gasteiger partial charge is 0.123 e. The molecule has 2 aromatic carbocycles. The predicted molar refractivity (Wildman–Crippen MR) is 73.6 cm³/mol. The number of ether oxygens (including phenoxy) is 1. The first-order valence-electron chi connectivity index (χ1n) is 5.70. The van der Waals surface area contributed by atoms with E-state index in [0.29, 0.717) is 10.6 Å². The molecule has 1 unspecified atom stereocenters. The number of hydrogen-bond acceptors (Lipinski definition) is 3. The lowest BCUT2D eigenvalue weighted by Gasteiger charge is -2.18. The number of nitrogens with one attached hydrogen (secondary N) is 1. The summed E-state index contributed by atoms with van der Waals surface area (Å²) in [7, 11) is 1.59. The van der Waals surface area contributed by atoms with Gasteiger partial charge in [0.05, 0.1) is 13.2 Å². The van der Waals surface area contributed by atoms with Crippen LogP contribution in [0.25, 0.3) is 0 Å². The average molecular weight is 281 g/mol. The largest absolute Gasteiger partial charge is 0.497 e. The monoisotopic (exact) mass is 280 g/mol. The molecule has 2 rings (SSSR count). The Kier molecular flexibility index (Phi) is 4.37. The van der Waals surface area contributed by atoms with Crippen LogP contribution in [0.5, 0.6) is 5.75 Å². The highest BCUT2D eigenvalue weighted by Gasteiger charge is 2.16. The van der Waals surface area contributed by atoms with Gasteiger partial charge in [0.1, 0.15) is 11.6 Å². The zero-order valence-corrected chi connectivity index (χ0v) is 11.1. The molecule has 3 N–H and O–H groups in total. The summed E-state index contributed by atoms with van der Waals surface area (Å²) in [4.78, 5) is 0. The van der Waals surface area contributed by atoms with Crippen molar-refractivity contribution in [2.75, 3.05) is 7.11 Å². The van der Waals surface area contributed by atoms with Gasteiger partial charge in [0, 0.05) is 5.02 Å². The first kappa shape index (κ1) is 13.8. The zero-order chi connectivity index (χ0) is 13.8. The van der Waals surface area contributed by atoms with Gasteiger partial charge in [-0.15, -0.1) is 0 Å². The van der Waals surface area contributed by atoms with Gasteiger partial charge in [0.2, 0.25) is 0 Å². The van der Waals surface area contributed by atoms with Crippen molar-refractivity contribution in [2.24, 2.45) is 5.84 Å². The van der Waals surface area contributed by atoms with Crippen molar-refractivity contribution in [3.8, 4) is 5.75 Å². The zero-order valence-electron chi connectivity index (χ0n) is 10.4. The van der Waals surface area contributed by atoms with E-state index in [4.69, 9.17) is 22.2 Å². The Bertz CT molecular complexity index is 560. The van der Waals surface area contributed by atoms with Gasteiger partial charge in [-0.2, -0.15) is 0 Å². The van der Waals surface area contributed by atoms with Gasteiger partial charge in [-0.05, 0) is 41.5 Å².